The zero-order valence-corrected chi connectivity index (χ0v) is 3.71. The van der Waals surface area contributed by atoms with Crippen LogP contribution in [0.1, 0.15) is 0 Å². The Bertz CT molecular complexity index is 234. The first-order chi connectivity index (χ1) is 3.83. The minimum Gasteiger partial charge on any atom is -0.271 e. The van der Waals surface area contributed by atoms with Crippen LogP contribution in [0.2, 0.25) is 0 Å². The monoisotopic (exact) mass is 114 g/mol. The van der Waals surface area contributed by atoms with Crippen molar-refractivity contribution in [3.05, 3.63) is 15.4 Å². The maximum Gasteiger partial charge on any atom is 0.342 e. The number of rotatable bonds is 1. The number of hydrogen-bond acceptors (Lipinski definition) is 4. The molecule has 0 aliphatic rings. The third kappa shape index (κ3) is 0.625. The van der Waals surface area contributed by atoms with E-state index in [9.17, 15) is 9.70 Å². The van der Waals surface area contributed by atoms with Crippen LogP contribution in [0.15, 0.2) is 9.97 Å². The predicted octanol–water partition coefficient (Wildman–Crippen LogP) is -0.504. The lowest BCUT2D eigenvalue weighted by Gasteiger charge is -1.63. The molecule has 0 saturated carbocycles. The van der Waals surface area contributed by atoms with Gasteiger partial charge in [0.15, 0.2) is 0 Å². The molecule has 0 radical (unpaired) electrons. The Morgan fingerprint density at radius 1 is 1.62 bits per heavy atom. The summed E-state index contributed by atoms with van der Waals surface area (Å²) in [6.45, 7) is 0. The molecule has 0 bridgehead atoms. The maximum absolute atomic E-state index is 10.1. The molecule has 0 aliphatic heterocycles. The summed E-state index contributed by atoms with van der Waals surface area (Å²) in [5.74, 6) is -0.227. The quantitative estimate of drug-likeness (QED) is 0.482. The molecule has 1 aromatic rings. The van der Waals surface area contributed by atoms with E-state index in [0.717, 1.165) is 0 Å². The van der Waals surface area contributed by atoms with Crippen LogP contribution >= 0.6 is 0 Å². The van der Waals surface area contributed by atoms with Crippen molar-refractivity contribution < 1.29 is 0 Å². The summed E-state index contributed by atoms with van der Waals surface area (Å²) in [6.07, 6.45) is 0. The third-order valence-corrected chi connectivity index (χ3v) is 0.575. The number of nitrogens with zero attached hydrogens (tertiary/aromatic N) is 2. The highest BCUT2D eigenvalue weighted by Gasteiger charge is 1.91. The van der Waals surface area contributed by atoms with Gasteiger partial charge in [0.1, 0.15) is 0 Å². The highest BCUT2D eigenvalue weighted by Crippen LogP contribution is 1.90. The second kappa shape index (κ2) is 1.57. The maximum atomic E-state index is 10.1. The largest absolute Gasteiger partial charge is 0.342 e. The summed E-state index contributed by atoms with van der Waals surface area (Å²) in [6, 6.07) is 0. The number of H-pyrrole nitrogens is 2. The molecule has 0 amide bonds. The van der Waals surface area contributed by atoms with E-state index in [0.29, 0.717) is 0 Å². The van der Waals surface area contributed by atoms with Gasteiger partial charge in [-0.25, -0.2) is 9.89 Å². The fraction of sp³-hybridized carbons (Fsp3) is 0. The zero-order valence-electron chi connectivity index (χ0n) is 3.71. The van der Waals surface area contributed by atoms with Crippen LogP contribution in [0.4, 0.5) is 5.95 Å². The number of nitrogens with one attached hydrogen (secondary N) is 2. The van der Waals surface area contributed by atoms with Crippen LogP contribution in [0, 0.1) is 4.91 Å². The van der Waals surface area contributed by atoms with Gasteiger partial charge in [-0.05, 0) is 0 Å². The Kier molecular flexibility index (Phi) is 0.918. The lowest BCUT2D eigenvalue weighted by Crippen LogP contribution is -1.99. The first kappa shape index (κ1) is 4.69. The van der Waals surface area contributed by atoms with Gasteiger partial charge in [-0.2, -0.15) is 0 Å². The normalized spacial score (nSPS) is 9.00. The molecule has 0 aromatic carbocycles. The lowest BCUT2D eigenvalue weighted by molar-refractivity contribution is 1.05. The minimum atomic E-state index is -0.528. The second-order valence-electron chi connectivity index (χ2n) is 1.09. The van der Waals surface area contributed by atoms with Gasteiger partial charge in [0.25, 0.3) is 5.95 Å². The van der Waals surface area contributed by atoms with Crippen molar-refractivity contribution in [1.29, 1.82) is 0 Å². The number of aromatic amines is 2. The molecule has 1 heterocycles. The van der Waals surface area contributed by atoms with E-state index in [2.05, 4.69) is 10.3 Å². The van der Waals surface area contributed by atoms with E-state index >= 15 is 0 Å². The van der Waals surface area contributed by atoms with Gasteiger partial charge in [0.2, 0.25) is 0 Å². The summed E-state index contributed by atoms with van der Waals surface area (Å²) in [7, 11) is 0. The molecule has 0 saturated heterocycles. The van der Waals surface area contributed by atoms with E-state index in [-0.39, 0.29) is 5.95 Å². The molecule has 42 valence electrons. The van der Waals surface area contributed by atoms with Crippen LogP contribution < -0.4 is 5.69 Å². The molecule has 8 heavy (non-hydrogen) atoms. The zero-order chi connectivity index (χ0) is 5.98. The molecular formula is C2H2N4O2. The molecule has 1 rings (SSSR count). The van der Waals surface area contributed by atoms with Crippen molar-refractivity contribution in [3.8, 4) is 0 Å². The fourth-order valence-corrected chi connectivity index (χ4v) is 0.304. The van der Waals surface area contributed by atoms with Crippen LogP contribution in [0.5, 0.6) is 0 Å². The van der Waals surface area contributed by atoms with E-state index in [1.807, 2.05) is 10.1 Å². The highest BCUT2D eigenvalue weighted by molar-refractivity contribution is 5.06. The molecule has 0 spiro atoms. The topological polar surface area (TPSA) is 91.0 Å². The van der Waals surface area contributed by atoms with Crippen molar-refractivity contribution in [1.82, 2.24) is 15.2 Å². The van der Waals surface area contributed by atoms with Gasteiger partial charge < -0.3 is 0 Å². The first-order valence-corrected chi connectivity index (χ1v) is 1.81. The standard InChI is InChI=1S/C2H2N4O2/c7-2-3-1(6-8)4-5-2/h(H2,3,4,5,7). The van der Waals surface area contributed by atoms with Crippen molar-refractivity contribution in [2.75, 3.05) is 0 Å². The Balaban J connectivity index is 3.18. The number of hydrogen-bond donors (Lipinski definition) is 2. The molecule has 1 aromatic heterocycles. The minimum absolute atomic E-state index is 0.227. The highest BCUT2D eigenvalue weighted by atomic mass is 16.3. The molecule has 6 heteroatoms. The molecule has 0 aliphatic carbocycles. The van der Waals surface area contributed by atoms with E-state index in [1.165, 1.54) is 0 Å². The molecule has 6 nitrogen and oxygen atoms in total. The molecule has 0 unspecified atom stereocenters. The second-order valence-corrected chi connectivity index (χ2v) is 1.09. The van der Waals surface area contributed by atoms with Crippen LogP contribution in [-0.2, 0) is 0 Å². The summed E-state index contributed by atoms with van der Waals surface area (Å²) >= 11 is 0. The first-order valence-electron chi connectivity index (χ1n) is 1.81. The van der Waals surface area contributed by atoms with Gasteiger partial charge in [0, 0.05) is 5.18 Å². The Hall–Kier alpha value is -1.46. The third-order valence-electron chi connectivity index (χ3n) is 0.575. The molecule has 2 N–H and O–H groups in total. The summed E-state index contributed by atoms with van der Waals surface area (Å²) in [5, 5.41) is 7.47. The van der Waals surface area contributed by atoms with Crippen LogP contribution in [-0.4, -0.2) is 15.2 Å². The number of nitroso groups, excluding NO2 is 1. The Morgan fingerprint density at radius 2 is 2.38 bits per heavy atom. The average molecular weight is 114 g/mol. The van der Waals surface area contributed by atoms with E-state index in [4.69, 9.17) is 0 Å². The van der Waals surface area contributed by atoms with Crippen molar-refractivity contribution >= 4 is 5.95 Å². The molecule has 0 atom stereocenters. The lowest BCUT2D eigenvalue weighted by atomic mass is 11.1. The SMILES string of the molecule is O=Nc1n[nH]c(=O)[nH]1. The average Bonchev–Trinajstić information content (AvgIpc) is 2.14. The van der Waals surface area contributed by atoms with Crippen molar-refractivity contribution in [3.63, 3.8) is 0 Å². The van der Waals surface area contributed by atoms with Gasteiger partial charge in [-0.3, -0.25) is 4.98 Å². The Labute approximate surface area is 42.9 Å². The van der Waals surface area contributed by atoms with Gasteiger partial charge in [-0.1, -0.05) is 0 Å². The van der Waals surface area contributed by atoms with E-state index in [1.54, 1.807) is 0 Å². The number of aromatic nitrogens is 3. The summed E-state index contributed by atoms with van der Waals surface area (Å²) in [5.41, 5.74) is -0.528. The molecular weight excluding hydrogens is 112 g/mol. The Morgan fingerprint density at radius 3 is 2.62 bits per heavy atom. The van der Waals surface area contributed by atoms with Crippen molar-refractivity contribution in [2.45, 2.75) is 0 Å². The van der Waals surface area contributed by atoms with Gasteiger partial charge in [0.05, 0.1) is 0 Å². The van der Waals surface area contributed by atoms with Gasteiger partial charge in [-0.15, -0.1) is 10.0 Å². The van der Waals surface area contributed by atoms with Crippen molar-refractivity contribution in [2.24, 2.45) is 5.18 Å². The molecule has 0 fully saturated rings. The van der Waals surface area contributed by atoms with Crippen LogP contribution in [0.25, 0.3) is 0 Å². The smallest absolute Gasteiger partial charge is 0.271 e. The fourth-order valence-electron chi connectivity index (χ4n) is 0.304. The van der Waals surface area contributed by atoms with E-state index < -0.39 is 5.69 Å². The van der Waals surface area contributed by atoms with Gasteiger partial charge >= 0.3 is 5.69 Å². The van der Waals surface area contributed by atoms with Crippen LogP contribution in [0.3, 0.4) is 0 Å². The predicted molar refractivity (Wildman–Crippen MR) is 24.7 cm³/mol. The summed E-state index contributed by atoms with van der Waals surface area (Å²) < 4.78 is 0. The summed E-state index contributed by atoms with van der Waals surface area (Å²) in [4.78, 5) is 21.6.